The predicted molar refractivity (Wildman–Crippen MR) is 68.3 cm³/mol. The average Bonchev–Trinajstić information content (AvgIpc) is 2.27. The molecule has 0 aliphatic carbocycles. The molecule has 1 unspecified atom stereocenters. The summed E-state index contributed by atoms with van der Waals surface area (Å²) in [6.07, 6.45) is 2.26. The third kappa shape index (κ3) is 3.03. The van der Waals surface area contributed by atoms with Crippen molar-refractivity contribution in [3.8, 4) is 0 Å². The monoisotopic (exact) mass is 270 g/mol. The van der Waals surface area contributed by atoms with Crippen molar-refractivity contribution in [3.63, 3.8) is 0 Å². The van der Waals surface area contributed by atoms with Crippen LogP contribution in [0.2, 0.25) is 0 Å². The molecule has 3 N–H and O–H groups in total. The zero-order valence-corrected chi connectivity index (χ0v) is 10.9. The van der Waals surface area contributed by atoms with Crippen LogP contribution in [0, 0.1) is 5.92 Å². The minimum atomic E-state index is 0.232. The molecule has 3 heteroatoms. The van der Waals surface area contributed by atoms with Crippen LogP contribution < -0.4 is 11.3 Å². The number of halogens is 1. The van der Waals surface area contributed by atoms with E-state index in [1.165, 1.54) is 5.56 Å². The van der Waals surface area contributed by atoms with Crippen molar-refractivity contribution in [2.45, 2.75) is 32.7 Å². The van der Waals surface area contributed by atoms with Crippen LogP contribution in [-0.4, -0.2) is 0 Å². The van der Waals surface area contributed by atoms with Gasteiger partial charge in [-0.3, -0.25) is 11.3 Å². The Labute approximate surface area is 100 Å². The fraction of sp³-hybridized carbons (Fsp3) is 0.500. The van der Waals surface area contributed by atoms with Gasteiger partial charge in [-0.05, 0) is 17.5 Å². The molecule has 0 saturated heterocycles. The molecule has 0 bridgehead atoms. The first-order valence-electron chi connectivity index (χ1n) is 5.45. The van der Waals surface area contributed by atoms with Gasteiger partial charge in [0, 0.05) is 10.5 Å². The van der Waals surface area contributed by atoms with E-state index in [1.807, 2.05) is 12.1 Å². The molecule has 0 amide bonds. The van der Waals surface area contributed by atoms with Crippen LogP contribution in [0.4, 0.5) is 0 Å². The van der Waals surface area contributed by atoms with E-state index in [9.17, 15) is 0 Å². The van der Waals surface area contributed by atoms with E-state index < -0.39 is 0 Å². The largest absolute Gasteiger partial charge is 0.271 e. The van der Waals surface area contributed by atoms with Crippen LogP contribution in [0.1, 0.15) is 38.3 Å². The number of rotatable bonds is 5. The van der Waals surface area contributed by atoms with Crippen LogP contribution >= 0.6 is 15.9 Å². The molecule has 2 nitrogen and oxygen atoms in total. The number of hydrogen-bond donors (Lipinski definition) is 2. The topological polar surface area (TPSA) is 38.0 Å². The zero-order valence-electron chi connectivity index (χ0n) is 9.33. The van der Waals surface area contributed by atoms with Gasteiger partial charge < -0.3 is 0 Å². The van der Waals surface area contributed by atoms with Crippen LogP contribution in [0.5, 0.6) is 0 Å². The maximum atomic E-state index is 5.65. The highest BCUT2D eigenvalue weighted by Gasteiger charge is 2.20. The number of benzene rings is 1. The van der Waals surface area contributed by atoms with Crippen LogP contribution in [0.15, 0.2) is 28.7 Å². The molecule has 0 fully saturated rings. The highest BCUT2D eigenvalue weighted by molar-refractivity contribution is 9.10. The molecular formula is C12H19BrN2. The molecular weight excluding hydrogens is 252 g/mol. The second kappa shape index (κ2) is 6.26. The molecule has 0 saturated carbocycles. The minimum Gasteiger partial charge on any atom is -0.271 e. The van der Waals surface area contributed by atoms with Crippen molar-refractivity contribution >= 4 is 15.9 Å². The van der Waals surface area contributed by atoms with E-state index in [-0.39, 0.29) is 6.04 Å². The van der Waals surface area contributed by atoms with Crippen LogP contribution in [0.25, 0.3) is 0 Å². The third-order valence-electron chi connectivity index (χ3n) is 2.94. The van der Waals surface area contributed by atoms with Crippen molar-refractivity contribution < 1.29 is 0 Å². The Morgan fingerprint density at radius 3 is 2.33 bits per heavy atom. The summed E-state index contributed by atoms with van der Waals surface area (Å²) >= 11 is 3.57. The van der Waals surface area contributed by atoms with E-state index in [0.717, 1.165) is 17.3 Å². The normalized spacial score (nSPS) is 13.1. The molecule has 1 aromatic rings. The van der Waals surface area contributed by atoms with Gasteiger partial charge in [-0.25, -0.2) is 0 Å². The number of nitrogens with two attached hydrogens (primary N) is 1. The molecule has 15 heavy (non-hydrogen) atoms. The Morgan fingerprint density at radius 1 is 1.27 bits per heavy atom. The predicted octanol–water partition coefficient (Wildman–Crippen LogP) is 3.39. The summed E-state index contributed by atoms with van der Waals surface area (Å²) in [5.74, 6) is 6.23. The van der Waals surface area contributed by atoms with E-state index in [0.29, 0.717) is 5.92 Å². The number of hydrazine groups is 1. The van der Waals surface area contributed by atoms with Crippen molar-refractivity contribution in [1.29, 1.82) is 0 Å². The van der Waals surface area contributed by atoms with Gasteiger partial charge in [0.1, 0.15) is 0 Å². The Morgan fingerprint density at radius 2 is 1.87 bits per heavy atom. The second-order valence-electron chi connectivity index (χ2n) is 3.74. The van der Waals surface area contributed by atoms with Gasteiger partial charge in [0.25, 0.3) is 0 Å². The first-order valence-corrected chi connectivity index (χ1v) is 6.24. The lowest BCUT2D eigenvalue weighted by atomic mass is 9.89. The summed E-state index contributed by atoms with van der Waals surface area (Å²) in [4.78, 5) is 0. The Hall–Kier alpha value is -0.380. The maximum Gasteiger partial charge on any atom is 0.0499 e. The van der Waals surface area contributed by atoms with Gasteiger partial charge in [-0.2, -0.15) is 0 Å². The SMILES string of the molecule is CCC(CC)C(NN)c1ccccc1Br. The second-order valence-corrected chi connectivity index (χ2v) is 4.60. The Balaban J connectivity index is 2.96. The molecule has 0 aromatic heterocycles. The Kier molecular flexibility index (Phi) is 5.29. The van der Waals surface area contributed by atoms with Crippen LogP contribution in [0.3, 0.4) is 0 Å². The highest BCUT2D eigenvalue weighted by atomic mass is 79.9. The first-order chi connectivity index (χ1) is 7.24. The molecule has 1 atom stereocenters. The van der Waals surface area contributed by atoms with Crippen molar-refractivity contribution in [2.75, 3.05) is 0 Å². The Bertz CT molecular complexity index is 297. The van der Waals surface area contributed by atoms with E-state index in [4.69, 9.17) is 5.84 Å². The van der Waals surface area contributed by atoms with E-state index in [1.54, 1.807) is 0 Å². The van der Waals surface area contributed by atoms with E-state index >= 15 is 0 Å². The lowest BCUT2D eigenvalue weighted by Crippen LogP contribution is -2.33. The summed E-state index contributed by atoms with van der Waals surface area (Å²) in [6.45, 7) is 4.41. The van der Waals surface area contributed by atoms with E-state index in [2.05, 4.69) is 47.3 Å². The third-order valence-corrected chi connectivity index (χ3v) is 3.66. The number of hydrogen-bond acceptors (Lipinski definition) is 2. The molecule has 1 aromatic carbocycles. The van der Waals surface area contributed by atoms with Gasteiger partial charge in [0.2, 0.25) is 0 Å². The molecule has 84 valence electrons. The number of nitrogens with one attached hydrogen (secondary N) is 1. The van der Waals surface area contributed by atoms with Gasteiger partial charge >= 0.3 is 0 Å². The minimum absolute atomic E-state index is 0.232. The van der Waals surface area contributed by atoms with Crippen molar-refractivity contribution in [2.24, 2.45) is 11.8 Å². The summed E-state index contributed by atoms with van der Waals surface area (Å²) in [5, 5.41) is 0. The van der Waals surface area contributed by atoms with Crippen molar-refractivity contribution in [3.05, 3.63) is 34.3 Å². The summed E-state index contributed by atoms with van der Waals surface area (Å²) in [5.41, 5.74) is 4.18. The lowest BCUT2D eigenvalue weighted by Gasteiger charge is -2.25. The van der Waals surface area contributed by atoms with Gasteiger partial charge in [-0.1, -0.05) is 60.8 Å². The van der Waals surface area contributed by atoms with Gasteiger partial charge in [0.05, 0.1) is 0 Å². The molecule has 0 aliphatic rings. The average molecular weight is 271 g/mol. The standard InChI is InChI=1S/C12H19BrN2/c1-3-9(4-2)12(15-14)10-7-5-6-8-11(10)13/h5-9,12,15H,3-4,14H2,1-2H3. The van der Waals surface area contributed by atoms with Crippen LogP contribution in [-0.2, 0) is 0 Å². The summed E-state index contributed by atoms with van der Waals surface area (Å²) < 4.78 is 1.12. The lowest BCUT2D eigenvalue weighted by molar-refractivity contribution is 0.344. The zero-order chi connectivity index (χ0) is 11.3. The van der Waals surface area contributed by atoms with Gasteiger partial charge in [-0.15, -0.1) is 0 Å². The highest BCUT2D eigenvalue weighted by Crippen LogP contribution is 2.31. The molecule has 0 heterocycles. The fourth-order valence-electron chi connectivity index (χ4n) is 1.97. The molecule has 0 spiro atoms. The first kappa shape index (κ1) is 12.7. The maximum absolute atomic E-state index is 5.65. The quantitative estimate of drug-likeness (QED) is 0.636. The smallest absolute Gasteiger partial charge is 0.0499 e. The van der Waals surface area contributed by atoms with Crippen molar-refractivity contribution in [1.82, 2.24) is 5.43 Å². The van der Waals surface area contributed by atoms with Gasteiger partial charge in [0.15, 0.2) is 0 Å². The molecule has 1 rings (SSSR count). The summed E-state index contributed by atoms with van der Waals surface area (Å²) in [7, 11) is 0. The molecule has 0 aliphatic heterocycles. The fourth-order valence-corrected chi connectivity index (χ4v) is 2.50. The summed E-state index contributed by atoms with van der Waals surface area (Å²) in [6, 6.07) is 8.48. The molecule has 0 radical (unpaired) electrons.